The summed E-state index contributed by atoms with van der Waals surface area (Å²) in [6, 6.07) is 12.5. The van der Waals surface area contributed by atoms with Crippen molar-refractivity contribution in [1.29, 1.82) is 5.26 Å². The van der Waals surface area contributed by atoms with E-state index in [2.05, 4.69) is 34.2 Å². The molecule has 0 aliphatic carbocycles. The van der Waals surface area contributed by atoms with Crippen LogP contribution in [0.15, 0.2) is 36.5 Å². The molecule has 88 valence electrons. The summed E-state index contributed by atoms with van der Waals surface area (Å²) in [4.78, 5) is 6.61. The number of pyridine rings is 1. The summed E-state index contributed by atoms with van der Waals surface area (Å²) in [5.74, 6) is 0.927. The van der Waals surface area contributed by atoms with Crippen molar-refractivity contribution in [3.8, 4) is 6.07 Å². The third kappa shape index (κ3) is 1.63. The fraction of sp³-hybridized carbons (Fsp3) is 0.200. The molecule has 3 nitrogen and oxygen atoms in total. The molecule has 0 atom stereocenters. The molecule has 3 heteroatoms. The average Bonchev–Trinajstić information content (AvgIpc) is 2.82. The highest BCUT2D eigenvalue weighted by Gasteiger charge is 2.20. The van der Waals surface area contributed by atoms with Gasteiger partial charge in [-0.05, 0) is 36.6 Å². The molecule has 1 aliphatic rings. The number of nitrogens with zero attached hydrogens (tertiary/aromatic N) is 3. The lowest BCUT2D eigenvalue weighted by Crippen LogP contribution is -2.15. The lowest BCUT2D eigenvalue weighted by molar-refractivity contribution is 0.971. The van der Waals surface area contributed by atoms with Gasteiger partial charge in [-0.1, -0.05) is 18.2 Å². The van der Waals surface area contributed by atoms with Crippen LogP contribution in [-0.2, 0) is 6.42 Å². The number of aromatic nitrogens is 1. The quantitative estimate of drug-likeness (QED) is 0.763. The van der Waals surface area contributed by atoms with E-state index >= 15 is 0 Å². The molecular weight excluding hydrogens is 222 g/mol. The molecular formula is C15H13N3. The first-order valence-corrected chi connectivity index (χ1v) is 6.02. The highest BCUT2D eigenvalue weighted by molar-refractivity contribution is 5.68. The summed E-state index contributed by atoms with van der Waals surface area (Å²) in [5.41, 5.74) is 4.22. The number of para-hydroxylation sites is 1. The Kier molecular flexibility index (Phi) is 2.49. The first-order chi connectivity index (χ1) is 8.79. The second kappa shape index (κ2) is 4.15. The van der Waals surface area contributed by atoms with Crippen LogP contribution in [0.5, 0.6) is 0 Å². The van der Waals surface area contributed by atoms with Gasteiger partial charge in [0.15, 0.2) is 0 Å². The molecule has 1 aromatic carbocycles. The summed E-state index contributed by atoms with van der Waals surface area (Å²) in [6.45, 7) is 2.91. The summed E-state index contributed by atoms with van der Waals surface area (Å²) in [7, 11) is 0. The van der Waals surface area contributed by atoms with Crippen molar-refractivity contribution < 1.29 is 0 Å². The fourth-order valence-electron chi connectivity index (χ4n) is 2.38. The number of benzene rings is 1. The van der Waals surface area contributed by atoms with Gasteiger partial charge in [-0.2, -0.15) is 5.26 Å². The van der Waals surface area contributed by atoms with Crippen molar-refractivity contribution in [2.75, 3.05) is 11.4 Å². The van der Waals surface area contributed by atoms with Crippen molar-refractivity contribution in [1.82, 2.24) is 4.98 Å². The van der Waals surface area contributed by atoms with E-state index in [4.69, 9.17) is 5.26 Å². The highest BCUT2D eigenvalue weighted by atomic mass is 15.2. The molecule has 0 saturated carbocycles. The number of fused-ring (bicyclic) bond motifs is 1. The zero-order valence-electron chi connectivity index (χ0n) is 10.2. The Bertz CT molecular complexity index is 640. The lowest BCUT2D eigenvalue weighted by Gasteiger charge is -2.18. The van der Waals surface area contributed by atoms with Gasteiger partial charge in [0.2, 0.25) is 0 Å². The van der Waals surface area contributed by atoms with Gasteiger partial charge in [0.05, 0.1) is 5.56 Å². The molecule has 0 bridgehead atoms. The van der Waals surface area contributed by atoms with Gasteiger partial charge in [-0.3, -0.25) is 0 Å². The van der Waals surface area contributed by atoms with E-state index < -0.39 is 0 Å². The van der Waals surface area contributed by atoms with Gasteiger partial charge in [0.25, 0.3) is 0 Å². The van der Waals surface area contributed by atoms with Crippen LogP contribution in [0.1, 0.15) is 16.7 Å². The molecule has 0 amide bonds. The Morgan fingerprint density at radius 2 is 2.17 bits per heavy atom. The maximum atomic E-state index is 8.93. The van der Waals surface area contributed by atoms with Crippen LogP contribution < -0.4 is 4.90 Å². The Morgan fingerprint density at radius 1 is 1.33 bits per heavy atom. The SMILES string of the molecule is Cc1cc(N2CCc3ccccc32)ncc1C#N. The number of nitriles is 1. The van der Waals surface area contributed by atoms with Crippen LogP contribution in [0, 0.1) is 18.3 Å². The molecule has 2 aromatic rings. The van der Waals surface area contributed by atoms with Crippen molar-refractivity contribution >= 4 is 11.5 Å². The third-order valence-corrected chi connectivity index (χ3v) is 3.38. The minimum Gasteiger partial charge on any atom is -0.326 e. The summed E-state index contributed by atoms with van der Waals surface area (Å²) < 4.78 is 0. The van der Waals surface area contributed by atoms with Crippen LogP contribution in [0.4, 0.5) is 11.5 Å². The molecule has 18 heavy (non-hydrogen) atoms. The molecule has 2 heterocycles. The van der Waals surface area contributed by atoms with E-state index in [1.165, 1.54) is 11.3 Å². The van der Waals surface area contributed by atoms with Gasteiger partial charge in [0.1, 0.15) is 11.9 Å². The molecule has 3 rings (SSSR count). The summed E-state index contributed by atoms with van der Waals surface area (Å²) in [6.07, 6.45) is 2.71. The first kappa shape index (κ1) is 10.8. The van der Waals surface area contributed by atoms with Crippen molar-refractivity contribution in [3.05, 3.63) is 53.2 Å². The lowest BCUT2D eigenvalue weighted by atomic mass is 10.1. The summed E-state index contributed by atoms with van der Waals surface area (Å²) >= 11 is 0. The monoisotopic (exact) mass is 235 g/mol. The predicted octanol–water partition coefficient (Wildman–Crippen LogP) is 2.96. The molecule has 1 aromatic heterocycles. The van der Waals surface area contributed by atoms with Crippen LogP contribution in [0.2, 0.25) is 0 Å². The Balaban J connectivity index is 2.03. The average molecular weight is 235 g/mol. The number of aryl methyl sites for hydroxylation is 1. The number of hydrogen-bond acceptors (Lipinski definition) is 3. The zero-order valence-corrected chi connectivity index (χ0v) is 10.2. The van der Waals surface area contributed by atoms with E-state index in [0.29, 0.717) is 5.56 Å². The van der Waals surface area contributed by atoms with Crippen molar-refractivity contribution in [2.45, 2.75) is 13.3 Å². The van der Waals surface area contributed by atoms with Gasteiger partial charge in [-0.25, -0.2) is 4.98 Å². The minimum absolute atomic E-state index is 0.645. The van der Waals surface area contributed by atoms with Crippen LogP contribution >= 0.6 is 0 Å². The minimum atomic E-state index is 0.645. The number of hydrogen-bond donors (Lipinski definition) is 0. The molecule has 0 N–H and O–H groups in total. The van der Waals surface area contributed by atoms with Crippen molar-refractivity contribution in [3.63, 3.8) is 0 Å². The van der Waals surface area contributed by atoms with Crippen LogP contribution in [-0.4, -0.2) is 11.5 Å². The fourth-order valence-corrected chi connectivity index (χ4v) is 2.38. The normalized spacial score (nSPS) is 13.2. The Labute approximate surface area is 106 Å². The van der Waals surface area contributed by atoms with E-state index in [-0.39, 0.29) is 0 Å². The maximum Gasteiger partial charge on any atom is 0.133 e. The van der Waals surface area contributed by atoms with E-state index in [0.717, 1.165) is 24.3 Å². The van der Waals surface area contributed by atoms with Gasteiger partial charge in [-0.15, -0.1) is 0 Å². The molecule has 1 aliphatic heterocycles. The first-order valence-electron chi connectivity index (χ1n) is 6.02. The van der Waals surface area contributed by atoms with Gasteiger partial charge < -0.3 is 4.90 Å². The zero-order chi connectivity index (χ0) is 12.5. The van der Waals surface area contributed by atoms with E-state index in [1.807, 2.05) is 19.1 Å². The second-order valence-corrected chi connectivity index (χ2v) is 4.50. The topological polar surface area (TPSA) is 39.9 Å². The molecule has 0 radical (unpaired) electrons. The van der Waals surface area contributed by atoms with Crippen molar-refractivity contribution in [2.24, 2.45) is 0 Å². The standard InChI is InChI=1S/C15H13N3/c1-11-8-15(17-10-13(11)9-16)18-7-6-12-4-2-3-5-14(12)18/h2-5,8,10H,6-7H2,1H3. The van der Waals surface area contributed by atoms with Gasteiger partial charge >= 0.3 is 0 Å². The number of rotatable bonds is 1. The Morgan fingerprint density at radius 3 is 2.94 bits per heavy atom. The largest absolute Gasteiger partial charge is 0.326 e. The summed E-state index contributed by atoms with van der Waals surface area (Å²) in [5, 5.41) is 8.93. The van der Waals surface area contributed by atoms with Crippen LogP contribution in [0.3, 0.4) is 0 Å². The third-order valence-electron chi connectivity index (χ3n) is 3.38. The molecule has 0 spiro atoms. The predicted molar refractivity (Wildman–Crippen MR) is 70.8 cm³/mol. The number of anilines is 2. The Hall–Kier alpha value is -2.34. The smallest absolute Gasteiger partial charge is 0.133 e. The molecule has 0 fully saturated rings. The van der Waals surface area contributed by atoms with Gasteiger partial charge in [0, 0.05) is 18.4 Å². The van der Waals surface area contributed by atoms with E-state index in [9.17, 15) is 0 Å². The second-order valence-electron chi connectivity index (χ2n) is 4.50. The highest BCUT2D eigenvalue weighted by Crippen LogP contribution is 2.33. The maximum absolute atomic E-state index is 8.93. The van der Waals surface area contributed by atoms with Crippen LogP contribution in [0.25, 0.3) is 0 Å². The molecule has 0 saturated heterocycles. The molecule has 0 unspecified atom stereocenters. The van der Waals surface area contributed by atoms with E-state index in [1.54, 1.807) is 6.20 Å².